The summed E-state index contributed by atoms with van der Waals surface area (Å²) in [5.41, 5.74) is 0.793. The van der Waals surface area contributed by atoms with Crippen LogP contribution in [0.3, 0.4) is 0 Å². The number of pyridine rings is 2. The van der Waals surface area contributed by atoms with Gasteiger partial charge in [-0.25, -0.2) is 0 Å². The Morgan fingerprint density at radius 2 is 2.10 bits per heavy atom. The first-order chi connectivity index (χ1) is 10.3. The molecule has 2 aromatic heterocycles. The Morgan fingerprint density at radius 1 is 1.29 bits per heavy atom. The monoisotopic (exact) mass is 303 g/mol. The SMILES string of the molecule is COC[C@H](NC(=O)CSc1ccncc1)c1ccccn1. The number of thioether (sulfide) groups is 1. The van der Waals surface area contributed by atoms with Crippen LogP contribution in [0.15, 0.2) is 53.8 Å². The minimum absolute atomic E-state index is 0.0514. The normalized spacial score (nSPS) is 11.9. The molecule has 0 fully saturated rings. The second-order valence-electron chi connectivity index (χ2n) is 4.30. The molecule has 2 heterocycles. The van der Waals surface area contributed by atoms with Gasteiger partial charge in [-0.15, -0.1) is 11.8 Å². The molecule has 0 saturated heterocycles. The van der Waals surface area contributed by atoms with Crippen LogP contribution in [0.25, 0.3) is 0 Å². The molecular formula is C15H17N3O2S. The number of methoxy groups -OCH3 is 1. The fraction of sp³-hybridized carbons (Fsp3) is 0.267. The van der Waals surface area contributed by atoms with Crippen molar-refractivity contribution in [3.05, 3.63) is 54.6 Å². The number of nitrogens with zero attached hydrogens (tertiary/aromatic N) is 2. The maximum absolute atomic E-state index is 12.0. The maximum atomic E-state index is 12.0. The zero-order valence-electron chi connectivity index (χ0n) is 11.7. The molecular weight excluding hydrogens is 286 g/mol. The van der Waals surface area contributed by atoms with Crippen molar-refractivity contribution in [3.8, 4) is 0 Å². The Hall–Kier alpha value is -1.92. The Balaban J connectivity index is 1.89. The Morgan fingerprint density at radius 3 is 2.76 bits per heavy atom. The third-order valence-corrected chi connectivity index (χ3v) is 3.75. The summed E-state index contributed by atoms with van der Waals surface area (Å²) in [4.78, 5) is 21.3. The standard InChI is InChI=1S/C15H17N3O2S/c1-20-10-14(13-4-2-3-7-17-13)18-15(19)11-21-12-5-8-16-9-6-12/h2-9,14H,10-11H2,1H3,(H,18,19)/t14-/m0/s1. The molecule has 0 aliphatic rings. The molecule has 0 saturated carbocycles. The Labute approximate surface area is 128 Å². The minimum atomic E-state index is -0.234. The molecule has 1 N–H and O–H groups in total. The van der Waals surface area contributed by atoms with Gasteiger partial charge < -0.3 is 10.1 Å². The summed E-state index contributed by atoms with van der Waals surface area (Å²) in [5.74, 6) is 0.293. The number of carbonyl (C=O) groups excluding carboxylic acids is 1. The summed E-state index contributed by atoms with van der Waals surface area (Å²) in [6.07, 6.45) is 5.12. The summed E-state index contributed by atoms with van der Waals surface area (Å²) in [6.45, 7) is 0.392. The van der Waals surface area contributed by atoms with Gasteiger partial charge in [-0.1, -0.05) is 6.07 Å². The lowest BCUT2D eigenvalue weighted by atomic mass is 10.2. The average molecular weight is 303 g/mol. The molecule has 0 aromatic carbocycles. The molecule has 0 aliphatic carbocycles. The molecule has 1 amide bonds. The van der Waals surface area contributed by atoms with E-state index in [0.717, 1.165) is 10.6 Å². The smallest absolute Gasteiger partial charge is 0.230 e. The van der Waals surface area contributed by atoms with E-state index in [-0.39, 0.29) is 11.9 Å². The molecule has 2 rings (SSSR count). The van der Waals surface area contributed by atoms with Gasteiger partial charge in [0.1, 0.15) is 0 Å². The molecule has 0 aliphatic heterocycles. The van der Waals surface area contributed by atoms with E-state index in [0.29, 0.717) is 12.4 Å². The highest BCUT2D eigenvalue weighted by Gasteiger charge is 2.15. The number of ether oxygens (including phenoxy) is 1. The summed E-state index contributed by atoms with van der Waals surface area (Å²) in [5, 5.41) is 2.94. The van der Waals surface area contributed by atoms with Crippen molar-refractivity contribution in [2.24, 2.45) is 0 Å². The lowest BCUT2D eigenvalue weighted by Crippen LogP contribution is -2.33. The van der Waals surface area contributed by atoms with Crippen LogP contribution in [0.5, 0.6) is 0 Å². The highest BCUT2D eigenvalue weighted by molar-refractivity contribution is 8.00. The van der Waals surface area contributed by atoms with Crippen molar-refractivity contribution in [2.45, 2.75) is 10.9 Å². The lowest BCUT2D eigenvalue weighted by Gasteiger charge is -2.17. The topological polar surface area (TPSA) is 64.1 Å². The summed E-state index contributed by atoms with van der Waals surface area (Å²) >= 11 is 1.47. The molecule has 5 nitrogen and oxygen atoms in total. The van der Waals surface area contributed by atoms with Crippen LogP contribution >= 0.6 is 11.8 Å². The first kappa shape index (κ1) is 15.5. The van der Waals surface area contributed by atoms with Crippen LogP contribution < -0.4 is 5.32 Å². The molecule has 0 radical (unpaired) electrons. The minimum Gasteiger partial charge on any atom is -0.382 e. The first-order valence-electron chi connectivity index (χ1n) is 6.51. The first-order valence-corrected chi connectivity index (χ1v) is 7.50. The Kier molecular flexibility index (Phi) is 6.18. The zero-order chi connectivity index (χ0) is 14.9. The number of amides is 1. The van der Waals surface area contributed by atoms with Crippen LogP contribution in [0.1, 0.15) is 11.7 Å². The number of aromatic nitrogens is 2. The van der Waals surface area contributed by atoms with Crippen molar-refractivity contribution in [2.75, 3.05) is 19.5 Å². The van der Waals surface area contributed by atoms with Gasteiger partial charge >= 0.3 is 0 Å². The molecule has 6 heteroatoms. The zero-order valence-corrected chi connectivity index (χ0v) is 12.5. The van der Waals surface area contributed by atoms with Crippen molar-refractivity contribution in [1.82, 2.24) is 15.3 Å². The third kappa shape index (κ3) is 5.17. The number of hydrogen-bond acceptors (Lipinski definition) is 5. The van der Waals surface area contributed by atoms with Gasteiger partial charge in [0, 0.05) is 30.6 Å². The molecule has 0 unspecified atom stereocenters. The van der Waals surface area contributed by atoms with Crippen LogP contribution in [0.4, 0.5) is 0 Å². The second kappa shape index (κ2) is 8.39. The molecule has 2 aromatic rings. The Bertz CT molecular complexity index is 551. The van der Waals surface area contributed by atoms with Gasteiger partial charge in [-0.05, 0) is 24.3 Å². The predicted octanol–water partition coefficient (Wildman–Crippen LogP) is 2.07. The second-order valence-corrected chi connectivity index (χ2v) is 5.35. The summed E-state index contributed by atoms with van der Waals surface area (Å²) in [6, 6.07) is 9.13. The molecule has 0 spiro atoms. The van der Waals surface area contributed by atoms with Gasteiger partial charge in [0.2, 0.25) is 5.91 Å². The summed E-state index contributed by atoms with van der Waals surface area (Å²) < 4.78 is 5.15. The van der Waals surface area contributed by atoms with Crippen molar-refractivity contribution in [1.29, 1.82) is 0 Å². The van der Waals surface area contributed by atoms with Crippen LogP contribution in [-0.2, 0) is 9.53 Å². The van der Waals surface area contributed by atoms with E-state index in [2.05, 4.69) is 15.3 Å². The van der Waals surface area contributed by atoms with Crippen LogP contribution in [0, 0.1) is 0 Å². The highest BCUT2D eigenvalue weighted by atomic mass is 32.2. The molecule has 110 valence electrons. The molecule has 1 atom stereocenters. The van der Waals surface area contributed by atoms with Gasteiger partial charge in [0.05, 0.1) is 24.1 Å². The lowest BCUT2D eigenvalue weighted by molar-refractivity contribution is -0.119. The van der Waals surface area contributed by atoms with E-state index in [4.69, 9.17) is 4.74 Å². The number of carbonyl (C=O) groups is 1. The fourth-order valence-electron chi connectivity index (χ4n) is 1.77. The predicted molar refractivity (Wildman–Crippen MR) is 82.0 cm³/mol. The van der Waals surface area contributed by atoms with E-state index in [1.807, 2.05) is 30.3 Å². The van der Waals surface area contributed by atoms with E-state index in [9.17, 15) is 4.79 Å². The van der Waals surface area contributed by atoms with Crippen molar-refractivity contribution in [3.63, 3.8) is 0 Å². The number of nitrogens with one attached hydrogen (secondary N) is 1. The van der Waals surface area contributed by atoms with Gasteiger partial charge in [-0.3, -0.25) is 14.8 Å². The summed E-state index contributed by atoms with van der Waals surface area (Å²) in [7, 11) is 1.60. The van der Waals surface area contributed by atoms with Crippen molar-refractivity contribution < 1.29 is 9.53 Å². The largest absolute Gasteiger partial charge is 0.382 e. The van der Waals surface area contributed by atoms with E-state index in [1.54, 1.807) is 25.7 Å². The number of hydrogen-bond donors (Lipinski definition) is 1. The molecule has 0 bridgehead atoms. The van der Waals surface area contributed by atoms with E-state index >= 15 is 0 Å². The quantitative estimate of drug-likeness (QED) is 0.793. The van der Waals surface area contributed by atoms with Gasteiger partial charge in [-0.2, -0.15) is 0 Å². The number of rotatable bonds is 7. The molecule has 21 heavy (non-hydrogen) atoms. The third-order valence-electron chi connectivity index (χ3n) is 2.73. The van der Waals surface area contributed by atoms with Gasteiger partial charge in [0.15, 0.2) is 0 Å². The van der Waals surface area contributed by atoms with Crippen LogP contribution in [0.2, 0.25) is 0 Å². The average Bonchev–Trinajstić information content (AvgIpc) is 2.54. The van der Waals surface area contributed by atoms with E-state index < -0.39 is 0 Å². The van der Waals surface area contributed by atoms with E-state index in [1.165, 1.54) is 11.8 Å². The fourth-order valence-corrected chi connectivity index (χ4v) is 2.46. The highest BCUT2D eigenvalue weighted by Crippen LogP contribution is 2.16. The van der Waals surface area contributed by atoms with Gasteiger partial charge in [0.25, 0.3) is 0 Å². The maximum Gasteiger partial charge on any atom is 0.230 e. The van der Waals surface area contributed by atoms with Crippen LogP contribution in [-0.4, -0.2) is 35.3 Å². The van der Waals surface area contributed by atoms with Crippen molar-refractivity contribution >= 4 is 17.7 Å².